The first-order chi connectivity index (χ1) is 12.8. The van der Waals surface area contributed by atoms with Crippen molar-refractivity contribution in [1.29, 1.82) is 0 Å². The monoisotopic (exact) mass is 371 g/mol. The van der Waals surface area contributed by atoms with E-state index in [1.165, 1.54) is 12.1 Å². The highest BCUT2D eigenvalue weighted by Crippen LogP contribution is 2.35. The molecule has 0 spiro atoms. The van der Waals surface area contributed by atoms with Gasteiger partial charge in [-0.2, -0.15) is 0 Å². The molecular formula is C18H17N3O6. The molecule has 3 rings (SSSR count). The van der Waals surface area contributed by atoms with Crippen molar-refractivity contribution in [2.24, 2.45) is 0 Å². The van der Waals surface area contributed by atoms with Gasteiger partial charge in [-0.05, 0) is 29.7 Å². The molecule has 0 aromatic heterocycles. The summed E-state index contributed by atoms with van der Waals surface area (Å²) >= 11 is 0. The van der Waals surface area contributed by atoms with Gasteiger partial charge in [0.15, 0.2) is 0 Å². The van der Waals surface area contributed by atoms with Gasteiger partial charge in [0.25, 0.3) is 11.8 Å². The van der Waals surface area contributed by atoms with Gasteiger partial charge < -0.3 is 20.9 Å². The molecule has 0 aliphatic carbocycles. The van der Waals surface area contributed by atoms with Crippen LogP contribution in [0.4, 0.5) is 11.4 Å². The molecule has 0 fully saturated rings. The number of amides is 2. The molecule has 4 N–H and O–H groups in total. The molecule has 2 aromatic carbocycles. The van der Waals surface area contributed by atoms with Crippen molar-refractivity contribution >= 4 is 45.9 Å². The zero-order chi connectivity index (χ0) is 19.9. The van der Waals surface area contributed by atoms with Crippen molar-refractivity contribution in [1.82, 2.24) is 4.90 Å². The van der Waals surface area contributed by atoms with Crippen LogP contribution in [0.15, 0.2) is 24.3 Å². The maximum atomic E-state index is 13.0. The molecule has 27 heavy (non-hydrogen) atoms. The van der Waals surface area contributed by atoms with E-state index in [4.69, 9.17) is 11.5 Å². The van der Waals surface area contributed by atoms with Gasteiger partial charge in [0.2, 0.25) is 0 Å². The molecular weight excluding hydrogens is 354 g/mol. The zero-order valence-electron chi connectivity index (χ0n) is 14.6. The number of nitrogens with zero attached hydrogens (tertiary/aromatic N) is 1. The van der Waals surface area contributed by atoms with Crippen LogP contribution < -0.4 is 11.5 Å². The number of methoxy groups -OCH3 is 2. The number of rotatable bonds is 4. The van der Waals surface area contributed by atoms with E-state index in [9.17, 15) is 19.2 Å². The van der Waals surface area contributed by atoms with Crippen molar-refractivity contribution < 1.29 is 28.7 Å². The molecule has 0 saturated carbocycles. The zero-order valence-corrected chi connectivity index (χ0v) is 14.6. The molecule has 1 heterocycles. The highest BCUT2D eigenvalue weighted by Gasteiger charge is 2.42. The topological polar surface area (TPSA) is 142 Å². The van der Waals surface area contributed by atoms with E-state index in [0.29, 0.717) is 27.0 Å². The molecule has 1 atom stereocenters. The van der Waals surface area contributed by atoms with Gasteiger partial charge in [-0.1, -0.05) is 0 Å². The summed E-state index contributed by atoms with van der Waals surface area (Å²) in [6, 6.07) is 4.54. The Bertz CT molecular complexity index is 943. The molecule has 2 aromatic rings. The number of carbonyl (C=O) groups excluding carboxylic acids is 4. The third kappa shape index (κ3) is 2.92. The normalized spacial score (nSPS) is 14.2. The van der Waals surface area contributed by atoms with Gasteiger partial charge in [-0.25, -0.2) is 4.79 Å². The second kappa shape index (κ2) is 6.60. The summed E-state index contributed by atoms with van der Waals surface area (Å²) in [5.41, 5.74) is 12.6. The average Bonchev–Trinajstić information content (AvgIpc) is 2.63. The van der Waals surface area contributed by atoms with Crippen LogP contribution in [-0.2, 0) is 19.1 Å². The van der Waals surface area contributed by atoms with Crippen molar-refractivity contribution in [3.05, 3.63) is 35.4 Å². The molecule has 0 bridgehead atoms. The van der Waals surface area contributed by atoms with Crippen LogP contribution in [-0.4, -0.2) is 48.9 Å². The van der Waals surface area contributed by atoms with E-state index in [2.05, 4.69) is 9.47 Å². The summed E-state index contributed by atoms with van der Waals surface area (Å²) < 4.78 is 9.24. The predicted octanol–water partition coefficient (Wildman–Crippen LogP) is 0.705. The van der Waals surface area contributed by atoms with Crippen LogP contribution in [0.5, 0.6) is 0 Å². The Morgan fingerprint density at radius 1 is 0.963 bits per heavy atom. The summed E-state index contributed by atoms with van der Waals surface area (Å²) in [5.74, 6) is -3.21. The number of hydrogen-bond donors (Lipinski definition) is 2. The van der Waals surface area contributed by atoms with Gasteiger partial charge in [-0.3, -0.25) is 19.3 Å². The number of nitrogen functional groups attached to an aromatic ring is 2. The van der Waals surface area contributed by atoms with Gasteiger partial charge >= 0.3 is 11.9 Å². The fraction of sp³-hybridized carbons (Fsp3) is 0.222. The Morgan fingerprint density at radius 2 is 1.48 bits per heavy atom. The van der Waals surface area contributed by atoms with E-state index in [1.807, 2.05) is 0 Å². The maximum absolute atomic E-state index is 13.0. The highest BCUT2D eigenvalue weighted by molar-refractivity contribution is 6.27. The van der Waals surface area contributed by atoms with Crippen molar-refractivity contribution in [3.63, 3.8) is 0 Å². The van der Waals surface area contributed by atoms with E-state index >= 15 is 0 Å². The van der Waals surface area contributed by atoms with Gasteiger partial charge in [0, 0.05) is 16.8 Å². The predicted molar refractivity (Wildman–Crippen MR) is 95.7 cm³/mol. The third-order valence-corrected chi connectivity index (χ3v) is 4.36. The summed E-state index contributed by atoms with van der Waals surface area (Å²) in [6.07, 6.45) is -0.538. The number of benzene rings is 2. The Balaban J connectivity index is 2.22. The van der Waals surface area contributed by atoms with E-state index in [0.717, 1.165) is 14.2 Å². The molecule has 0 radical (unpaired) electrons. The molecule has 1 aliphatic rings. The number of nitrogens with two attached hydrogens (primary N) is 2. The van der Waals surface area contributed by atoms with Crippen LogP contribution in [0.1, 0.15) is 27.1 Å². The summed E-state index contributed by atoms with van der Waals surface area (Å²) in [5, 5.41) is 0.926. The van der Waals surface area contributed by atoms with E-state index in [-0.39, 0.29) is 11.1 Å². The fourth-order valence-corrected chi connectivity index (χ4v) is 3.19. The Morgan fingerprint density at radius 3 is 1.93 bits per heavy atom. The third-order valence-electron chi connectivity index (χ3n) is 4.36. The first-order valence-electron chi connectivity index (χ1n) is 7.93. The van der Waals surface area contributed by atoms with Crippen molar-refractivity contribution in [3.8, 4) is 0 Å². The molecule has 9 heteroatoms. The Hall–Kier alpha value is -3.62. The molecule has 0 unspecified atom stereocenters. The lowest BCUT2D eigenvalue weighted by atomic mass is 9.91. The quantitative estimate of drug-likeness (QED) is 0.454. The van der Waals surface area contributed by atoms with E-state index < -0.39 is 36.2 Å². The lowest BCUT2D eigenvalue weighted by molar-refractivity contribution is -0.151. The summed E-state index contributed by atoms with van der Waals surface area (Å²) in [4.78, 5) is 50.7. The van der Waals surface area contributed by atoms with E-state index in [1.54, 1.807) is 12.1 Å². The lowest BCUT2D eigenvalue weighted by Crippen LogP contribution is -2.51. The SMILES string of the molecule is COC(=O)C[C@@H](C(=O)OC)N1C(=O)c2cc(N)cc3cc(N)cc(c23)C1=O. The molecule has 140 valence electrons. The van der Waals surface area contributed by atoms with Crippen LogP contribution in [0, 0.1) is 0 Å². The van der Waals surface area contributed by atoms with Crippen LogP contribution in [0.3, 0.4) is 0 Å². The smallest absolute Gasteiger partial charge is 0.329 e. The number of ether oxygens (including phenoxy) is 2. The second-order valence-electron chi connectivity index (χ2n) is 6.03. The fourth-order valence-electron chi connectivity index (χ4n) is 3.19. The highest BCUT2D eigenvalue weighted by atomic mass is 16.5. The Labute approximate surface area is 153 Å². The van der Waals surface area contributed by atoms with Crippen LogP contribution in [0.25, 0.3) is 10.8 Å². The molecule has 9 nitrogen and oxygen atoms in total. The van der Waals surface area contributed by atoms with Crippen LogP contribution >= 0.6 is 0 Å². The van der Waals surface area contributed by atoms with Crippen LogP contribution in [0.2, 0.25) is 0 Å². The second-order valence-corrected chi connectivity index (χ2v) is 6.03. The molecule has 2 amide bonds. The van der Waals surface area contributed by atoms with Crippen molar-refractivity contribution in [2.45, 2.75) is 12.5 Å². The largest absolute Gasteiger partial charge is 0.469 e. The number of anilines is 2. The number of imide groups is 1. The van der Waals surface area contributed by atoms with Gasteiger partial charge in [-0.15, -0.1) is 0 Å². The summed E-state index contributed by atoms with van der Waals surface area (Å²) in [7, 11) is 2.23. The Kier molecular flexibility index (Phi) is 4.44. The maximum Gasteiger partial charge on any atom is 0.329 e. The number of hydrogen-bond acceptors (Lipinski definition) is 8. The summed E-state index contributed by atoms with van der Waals surface area (Å²) in [6.45, 7) is 0. The first kappa shape index (κ1) is 18.2. The molecule has 1 aliphatic heterocycles. The standard InChI is InChI=1S/C18H17N3O6/c1-26-14(22)7-13(18(25)27-2)21-16(23)11-5-9(19)3-8-4-10(20)6-12(15(8)11)17(21)24/h3-6,13H,7,19-20H2,1-2H3/t13-/m0/s1. The number of carbonyl (C=O) groups is 4. The minimum Gasteiger partial charge on any atom is -0.469 e. The van der Waals surface area contributed by atoms with Crippen molar-refractivity contribution in [2.75, 3.05) is 25.7 Å². The lowest BCUT2D eigenvalue weighted by Gasteiger charge is -2.32. The van der Waals surface area contributed by atoms with Gasteiger partial charge in [0.05, 0.1) is 31.8 Å². The minimum absolute atomic E-state index is 0.137. The first-order valence-corrected chi connectivity index (χ1v) is 7.93. The molecule has 0 saturated heterocycles. The van der Waals surface area contributed by atoms with Gasteiger partial charge in [0.1, 0.15) is 6.04 Å². The minimum atomic E-state index is -1.48. The average molecular weight is 371 g/mol. The number of esters is 2.